The minimum Gasteiger partial charge on any atom is -0.462 e. The van der Waals surface area contributed by atoms with Crippen molar-refractivity contribution < 1.29 is 41.5 Å². The van der Waals surface area contributed by atoms with E-state index in [1.165, 1.54) is 48.5 Å². The van der Waals surface area contributed by atoms with E-state index in [1.807, 2.05) is 6.92 Å². The van der Waals surface area contributed by atoms with Crippen LogP contribution in [0.3, 0.4) is 0 Å². The van der Waals surface area contributed by atoms with Crippen molar-refractivity contribution in [2.75, 3.05) is 18.5 Å². The molecule has 0 radical (unpaired) electrons. The SMILES string of the molecule is CCCCOC(=O)c1cc(NC(=O)CN2C(=O)S/C(=C/c3ccc(-c4cccc(C(F)(F)F)c4)o3)C2=O)ccc1Cl. The topological polar surface area (TPSA) is 106 Å². The Labute approximate surface area is 241 Å². The number of alkyl halides is 3. The lowest BCUT2D eigenvalue weighted by Gasteiger charge is -2.13. The summed E-state index contributed by atoms with van der Waals surface area (Å²) in [6.45, 7) is 1.57. The summed E-state index contributed by atoms with van der Waals surface area (Å²) in [5, 5.41) is 1.96. The number of nitrogens with zero attached hydrogens (tertiary/aromatic N) is 1. The molecule has 1 saturated heterocycles. The van der Waals surface area contributed by atoms with Crippen LogP contribution in [0.2, 0.25) is 5.02 Å². The van der Waals surface area contributed by atoms with Crippen LogP contribution in [0.15, 0.2) is 63.9 Å². The molecule has 4 rings (SSSR count). The molecule has 1 aliphatic rings. The van der Waals surface area contributed by atoms with Gasteiger partial charge in [0.1, 0.15) is 18.1 Å². The van der Waals surface area contributed by atoms with Crippen LogP contribution in [0.5, 0.6) is 0 Å². The Morgan fingerprint density at radius 3 is 2.63 bits per heavy atom. The first kappa shape index (κ1) is 29.9. The maximum atomic E-state index is 13.0. The lowest BCUT2D eigenvalue weighted by molar-refractivity contribution is -0.137. The van der Waals surface area contributed by atoms with Crippen LogP contribution in [0.4, 0.5) is 23.7 Å². The molecule has 2 heterocycles. The van der Waals surface area contributed by atoms with Gasteiger partial charge in [-0.15, -0.1) is 0 Å². The van der Waals surface area contributed by atoms with Gasteiger partial charge in [-0.25, -0.2) is 4.79 Å². The van der Waals surface area contributed by atoms with Crippen LogP contribution in [-0.2, 0) is 20.5 Å². The highest BCUT2D eigenvalue weighted by atomic mass is 35.5. The number of amides is 3. The number of hydrogen-bond acceptors (Lipinski definition) is 7. The summed E-state index contributed by atoms with van der Waals surface area (Å²) in [5.74, 6) is -1.83. The molecule has 2 aromatic carbocycles. The maximum Gasteiger partial charge on any atom is 0.416 e. The fourth-order valence-corrected chi connectivity index (χ4v) is 4.70. The van der Waals surface area contributed by atoms with E-state index in [2.05, 4.69) is 5.32 Å². The maximum absolute atomic E-state index is 13.0. The number of nitrogens with one attached hydrogen (secondary N) is 1. The number of thioether (sulfide) groups is 1. The van der Waals surface area contributed by atoms with Crippen molar-refractivity contribution in [1.82, 2.24) is 4.90 Å². The van der Waals surface area contributed by atoms with E-state index in [1.54, 1.807) is 0 Å². The van der Waals surface area contributed by atoms with Crippen LogP contribution in [0.1, 0.15) is 41.4 Å². The summed E-state index contributed by atoms with van der Waals surface area (Å²) in [6.07, 6.45) is -1.73. The predicted octanol–water partition coefficient (Wildman–Crippen LogP) is 7.25. The van der Waals surface area contributed by atoms with Crippen molar-refractivity contribution >= 4 is 58.1 Å². The van der Waals surface area contributed by atoms with Crippen LogP contribution < -0.4 is 5.32 Å². The molecule has 0 spiro atoms. The number of anilines is 1. The molecule has 41 heavy (non-hydrogen) atoms. The second-order valence-corrected chi connectivity index (χ2v) is 10.2. The molecule has 0 aliphatic carbocycles. The minimum absolute atomic E-state index is 0.0312. The van der Waals surface area contributed by atoms with Crippen molar-refractivity contribution in [3.63, 3.8) is 0 Å². The Kier molecular flexibility index (Phi) is 9.24. The second kappa shape index (κ2) is 12.6. The van der Waals surface area contributed by atoms with Crippen LogP contribution in [0.25, 0.3) is 17.4 Å². The number of carbonyl (C=O) groups excluding carboxylic acids is 4. The van der Waals surface area contributed by atoms with Crippen molar-refractivity contribution in [3.8, 4) is 11.3 Å². The number of imide groups is 1. The zero-order valence-corrected chi connectivity index (χ0v) is 23.0. The van der Waals surface area contributed by atoms with Gasteiger partial charge in [0.25, 0.3) is 11.1 Å². The summed E-state index contributed by atoms with van der Waals surface area (Å²) in [4.78, 5) is 50.9. The smallest absolute Gasteiger partial charge is 0.416 e. The van der Waals surface area contributed by atoms with Gasteiger partial charge in [-0.05, 0) is 60.6 Å². The molecule has 13 heteroatoms. The highest BCUT2D eigenvalue weighted by Crippen LogP contribution is 2.35. The summed E-state index contributed by atoms with van der Waals surface area (Å²) in [6, 6.07) is 11.7. The molecule has 0 bridgehead atoms. The number of halogens is 4. The summed E-state index contributed by atoms with van der Waals surface area (Å²) < 4.78 is 49.8. The quantitative estimate of drug-likeness (QED) is 0.155. The standard InChI is InChI=1S/C28H22ClF3N2O6S/c1-2-3-11-39-26(37)20-13-18(7-9-21(20)29)33-24(35)15-34-25(36)23(41-27(34)38)14-19-8-10-22(40-19)16-5-4-6-17(12-16)28(30,31)32/h4-10,12-14H,2-3,11,15H2,1H3,(H,33,35)/b23-14+. The molecule has 0 unspecified atom stereocenters. The van der Waals surface area contributed by atoms with Crippen molar-refractivity contribution in [2.45, 2.75) is 25.9 Å². The third-order valence-corrected chi connectivity index (χ3v) is 6.99. The van der Waals surface area contributed by atoms with Gasteiger partial charge in [-0.3, -0.25) is 19.3 Å². The summed E-state index contributed by atoms with van der Waals surface area (Å²) >= 11 is 6.67. The normalized spacial score (nSPS) is 14.6. The molecular formula is C28H22ClF3N2O6S. The number of furan rings is 1. The Hall–Kier alpha value is -4.03. The average molecular weight is 607 g/mol. The van der Waals surface area contributed by atoms with E-state index in [0.717, 1.165) is 23.5 Å². The Bertz CT molecular complexity index is 1530. The molecule has 1 aromatic heterocycles. The van der Waals surface area contributed by atoms with Gasteiger partial charge in [-0.1, -0.05) is 37.1 Å². The molecule has 1 N–H and O–H groups in total. The minimum atomic E-state index is -4.52. The van der Waals surface area contributed by atoms with Gasteiger partial charge < -0.3 is 14.5 Å². The highest BCUT2D eigenvalue weighted by molar-refractivity contribution is 8.18. The zero-order chi connectivity index (χ0) is 29.7. The molecule has 3 amide bonds. The van der Waals surface area contributed by atoms with Gasteiger partial charge in [0.15, 0.2) is 0 Å². The lowest BCUT2D eigenvalue weighted by atomic mass is 10.1. The van der Waals surface area contributed by atoms with Crippen molar-refractivity contribution in [1.29, 1.82) is 0 Å². The van der Waals surface area contributed by atoms with Crippen LogP contribution >= 0.6 is 23.4 Å². The molecule has 0 atom stereocenters. The van der Waals surface area contributed by atoms with E-state index in [-0.39, 0.29) is 44.9 Å². The summed E-state index contributed by atoms with van der Waals surface area (Å²) in [7, 11) is 0. The van der Waals surface area contributed by atoms with Gasteiger partial charge in [0.05, 0.1) is 27.7 Å². The number of esters is 1. The first-order valence-corrected chi connectivity index (χ1v) is 13.4. The van der Waals surface area contributed by atoms with E-state index in [4.69, 9.17) is 20.8 Å². The molecular weight excluding hydrogens is 585 g/mol. The number of hydrogen-bond donors (Lipinski definition) is 1. The second-order valence-electron chi connectivity index (χ2n) is 8.78. The van der Waals surface area contributed by atoms with Gasteiger partial charge >= 0.3 is 12.1 Å². The van der Waals surface area contributed by atoms with E-state index >= 15 is 0 Å². The molecule has 214 valence electrons. The Balaban J connectivity index is 1.41. The third kappa shape index (κ3) is 7.39. The molecule has 3 aromatic rings. The van der Waals surface area contributed by atoms with Crippen molar-refractivity contribution in [3.05, 3.63) is 81.4 Å². The van der Waals surface area contributed by atoms with Gasteiger partial charge in [-0.2, -0.15) is 13.2 Å². The lowest BCUT2D eigenvalue weighted by Crippen LogP contribution is -2.36. The molecule has 1 aliphatic heterocycles. The first-order valence-electron chi connectivity index (χ1n) is 12.3. The number of unbranched alkanes of at least 4 members (excludes halogenated alkanes) is 1. The fraction of sp³-hybridized carbons (Fsp3) is 0.214. The number of carbonyl (C=O) groups is 4. The molecule has 8 nitrogen and oxygen atoms in total. The monoisotopic (exact) mass is 606 g/mol. The largest absolute Gasteiger partial charge is 0.462 e. The summed E-state index contributed by atoms with van der Waals surface area (Å²) in [5.41, 5.74) is -0.391. The molecule has 0 saturated carbocycles. The molecule has 1 fully saturated rings. The van der Waals surface area contributed by atoms with E-state index in [9.17, 15) is 32.3 Å². The Morgan fingerprint density at radius 1 is 1.12 bits per heavy atom. The van der Waals surface area contributed by atoms with Crippen LogP contribution in [-0.4, -0.2) is 41.1 Å². The zero-order valence-electron chi connectivity index (χ0n) is 21.4. The van der Waals surface area contributed by atoms with E-state index < -0.39 is 41.3 Å². The number of rotatable bonds is 9. The fourth-order valence-electron chi connectivity index (χ4n) is 3.69. The number of ether oxygens (including phenoxy) is 1. The first-order chi connectivity index (χ1) is 19.5. The van der Waals surface area contributed by atoms with Crippen LogP contribution in [0, 0.1) is 0 Å². The van der Waals surface area contributed by atoms with Gasteiger partial charge in [0.2, 0.25) is 5.91 Å². The predicted molar refractivity (Wildman–Crippen MR) is 147 cm³/mol. The third-order valence-electron chi connectivity index (χ3n) is 5.75. The Morgan fingerprint density at radius 2 is 1.90 bits per heavy atom. The van der Waals surface area contributed by atoms with E-state index in [0.29, 0.717) is 18.2 Å². The van der Waals surface area contributed by atoms with Crippen molar-refractivity contribution in [2.24, 2.45) is 0 Å². The average Bonchev–Trinajstić information content (AvgIpc) is 3.49. The highest BCUT2D eigenvalue weighted by Gasteiger charge is 2.36. The number of benzene rings is 2. The van der Waals surface area contributed by atoms with Gasteiger partial charge in [0, 0.05) is 17.3 Å².